The number of nitrogens with zero attached hydrogens (tertiary/aromatic N) is 1. The Morgan fingerprint density at radius 3 is 2.85 bits per heavy atom. The largest absolute Gasteiger partial charge is 0.497 e. The Morgan fingerprint density at radius 2 is 2.23 bits per heavy atom. The maximum absolute atomic E-state index is 13.9. The number of alkyl halides is 1. The van der Waals surface area contributed by atoms with Crippen LogP contribution in [0.2, 0.25) is 0 Å². The molecule has 2 aliphatic carbocycles. The average Bonchev–Trinajstić information content (AvgIpc) is 3.04. The summed E-state index contributed by atoms with van der Waals surface area (Å²) in [6.45, 7) is 4.02. The normalized spacial score (nSPS) is 41.8. The van der Waals surface area contributed by atoms with Crippen LogP contribution in [0.1, 0.15) is 33.1 Å². The summed E-state index contributed by atoms with van der Waals surface area (Å²) >= 11 is 1.58. The standard InChI is InChI=1S/C19H24FN3O2S/c1-10-7-19(10)15(24)8-18(2,23-16(19)21)17-22-9-14(26-17)11-4-12(20)6-13(5-11)25-3/h5-6,9-10,12,17,22H,4,7-8H2,1-3H3,(H2,21,23)/t10?,12?,17?,18-,19-/m0/s1. The molecule has 0 aromatic carbocycles. The number of carbonyl (C=O) groups excluding carboxylic acids is 1. The van der Waals surface area contributed by atoms with Crippen LogP contribution in [0.4, 0.5) is 4.39 Å². The number of thioether (sulfide) groups is 1. The third-order valence-electron chi connectivity index (χ3n) is 5.96. The van der Waals surface area contributed by atoms with Crippen molar-refractivity contribution in [3.8, 4) is 0 Å². The van der Waals surface area contributed by atoms with E-state index in [2.05, 4.69) is 12.2 Å². The van der Waals surface area contributed by atoms with E-state index >= 15 is 0 Å². The van der Waals surface area contributed by atoms with Crippen LogP contribution in [0.5, 0.6) is 0 Å². The molecule has 0 amide bonds. The van der Waals surface area contributed by atoms with E-state index in [0.29, 0.717) is 24.4 Å². The second-order valence-electron chi connectivity index (χ2n) is 7.87. The molecule has 2 heterocycles. The maximum Gasteiger partial charge on any atom is 0.149 e. The molecule has 1 spiro atoms. The number of nitrogens with one attached hydrogen (secondary N) is 1. The molecule has 4 aliphatic rings. The van der Waals surface area contributed by atoms with Crippen LogP contribution >= 0.6 is 11.8 Å². The van der Waals surface area contributed by atoms with Gasteiger partial charge in [0.25, 0.3) is 0 Å². The summed E-state index contributed by atoms with van der Waals surface area (Å²) in [4.78, 5) is 18.5. The molecule has 0 radical (unpaired) electrons. The van der Waals surface area contributed by atoms with Crippen molar-refractivity contribution >= 4 is 23.4 Å². The topological polar surface area (TPSA) is 76.7 Å². The number of halogens is 1. The van der Waals surface area contributed by atoms with Crippen LogP contribution in [0.3, 0.4) is 0 Å². The molecule has 0 bridgehead atoms. The van der Waals surface area contributed by atoms with Gasteiger partial charge >= 0.3 is 0 Å². The first-order chi connectivity index (χ1) is 12.3. The molecule has 3 N–H and O–H groups in total. The lowest BCUT2D eigenvalue weighted by molar-refractivity contribution is -0.124. The summed E-state index contributed by atoms with van der Waals surface area (Å²) in [6.07, 6.45) is 5.69. The minimum atomic E-state index is -1.05. The van der Waals surface area contributed by atoms with Gasteiger partial charge in [-0.3, -0.25) is 9.79 Å². The third kappa shape index (κ3) is 2.59. The fraction of sp³-hybridized carbons (Fsp3) is 0.579. The first-order valence-corrected chi connectivity index (χ1v) is 9.79. The number of hydrogen-bond donors (Lipinski definition) is 2. The summed E-state index contributed by atoms with van der Waals surface area (Å²) in [5.74, 6) is 1.50. The smallest absolute Gasteiger partial charge is 0.149 e. The number of carbonyl (C=O) groups is 1. The second-order valence-corrected chi connectivity index (χ2v) is 9.01. The van der Waals surface area contributed by atoms with Crippen molar-refractivity contribution in [1.29, 1.82) is 0 Å². The maximum atomic E-state index is 13.9. The quantitative estimate of drug-likeness (QED) is 0.791. The SMILES string of the molecule is COC1=CC(F)CC(C2=CNC([C@]3(C)CC(=O)[C@@]4(CC4C)C(N)=N3)S2)=C1. The van der Waals surface area contributed by atoms with Gasteiger partial charge in [0, 0.05) is 23.9 Å². The zero-order chi connectivity index (χ0) is 18.7. The van der Waals surface area contributed by atoms with Crippen molar-refractivity contribution < 1.29 is 13.9 Å². The van der Waals surface area contributed by atoms with Crippen LogP contribution in [-0.2, 0) is 9.53 Å². The summed E-state index contributed by atoms with van der Waals surface area (Å²) in [7, 11) is 1.54. The molecule has 4 rings (SSSR count). The number of rotatable bonds is 3. The molecule has 0 aromatic heterocycles. The number of ketones is 1. The molecule has 2 aliphatic heterocycles. The number of amidine groups is 1. The van der Waals surface area contributed by atoms with Crippen LogP contribution in [0.15, 0.2) is 39.6 Å². The van der Waals surface area contributed by atoms with Crippen molar-refractivity contribution in [1.82, 2.24) is 5.32 Å². The van der Waals surface area contributed by atoms with Crippen LogP contribution < -0.4 is 11.1 Å². The molecule has 0 aromatic rings. The molecule has 140 valence electrons. The van der Waals surface area contributed by atoms with Gasteiger partial charge in [0.1, 0.15) is 28.9 Å². The van der Waals surface area contributed by atoms with E-state index in [1.165, 1.54) is 13.2 Å². The zero-order valence-corrected chi connectivity index (χ0v) is 16.0. The summed E-state index contributed by atoms with van der Waals surface area (Å²) in [5, 5.41) is 3.22. The number of hydrogen-bond acceptors (Lipinski definition) is 6. The molecule has 26 heavy (non-hydrogen) atoms. The van der Waals surface area contributed by atoms with Crippen molar-refractivity contribution in [3.63, 3.8) is 0 Å². The second kappa shape index (κ2) is 5.87. The van der Waals surface area contributed by atoms with Crippen LogP contribution in [0, 0.1) is 11.3 Å². The van der Waals surface area contributed by atoms with Gasteiger partial charge in [-0.2, -0.15) is 0 Å². The highest BCUT2D eigenvalue weighted by molar-refractivity contribution is 8.04. The van der Waals surface area contributed by atoms with Crippen molar-refractivity contribution in [2.45, 2.75) is 50.2 Å². The first-order valence-electron chi connectivity index (χ1n) is 8.91. The molecule has 3 unspecified atom stereocenters. The Kier molecular flexibility index (Phi) is 3.99. The van der Waals surface area contributed by atoms with Crippen molar-refractivity contribution in [3.05, 3.63) is 34.6 Å². The van der Waals surface area contributed by atoms with E-state index in [1.54, 1.807) is 11.8 Å². The Bertz CT molecular complexity index is 790. The van der Waals surface area contributed by atoms with Gasteiger partial charge in [-0.05, 0) is 37.0 Å². The van der Waals surface area contributed by atoms with Gasteiger partial charge in [-0.1, -0.05) is 18.7 Å². The first kappa shape index (κ1) is 17.6. The van der Waals surface area contributed by atoms with Crippen molar-refractivity contribution in [2.75, 3.05) is 7.11 Å². The predicted molar refractivity (Wildman–Crippen MR) is 101 cm³/mol. The van der Waals surface area contributed by atoms with E-state index in [-0.39, 0.29) is 17.1 Å². The predicted octanol–water partition coefficient (Wildman–Crippen LogP) is 2.80. The van der Waals surface area contributed by atoms with E-state index in [1.807, 2.05) is 19.2 Å². The fourth-order valence-electron chi connectivity index (χ4n) is 4.21. The van der Waals surface area contributed by atoms with Gasteiger partial charge in [0.15, 0.2) is 0 Å². The van der Waals surface area contributed by atoms with Crippen LogP contribution in [-0.4, -0.2) is 35.8 Å². The van der Waals surface area contributed by atoms with Crippen LogP contribution in [0.25, 0.3) is 0 Å². The Hall–Kier alpha value is -1.76. The Labute approximate surface area is 157 Å². The molecule has 0 saturated heterocycles. The van der Waals surface area contributed by atoms with E-state index in [9.17, 15) is 9.18 Å². The molecular formula is C19H24FN3O2S. The summed E-state index contributed by atoms with van der Waals surface area (Å²) in [6, 6.07) is 0. The number of methoxy groups -OCH3 is 1. The highest BCUT2D eigenvalue weighted by atomic mass is 32.2. The minimum absolute atomic E-state index is 0.109. The van der Waals surface area contributed by atoms with Gasteiger partial charge in [0.05, 0.1) is 18.1 Å². The lowest BCUT2D eigenvalue weighted by atomic mass is 9.82. The number of aliphatic imine (C=N–C) groups is 1. The lowest BCUT2D eigenvalue weighted by Gasteiger charge is -2.37. The minimum Gasteiger partial charge on any atom is -0.497 e. The molecule has 5 nitrogen and oxygen atoms in total. The summed E-state index contributed by atoms with van der Waals surface area (Å²) < 4.78 is 19.1. The summed E-state index contributed by atoms with van der Waals surface area (Å²) in [5.41, 5.74) is 6.00. The number of nitrogens with two attached hydrogens (primary N) is 1. The third-order valence-corrected chi connectivity index (χ3v) is 7.48. The molecule has 1 fully saturated rings. The molecule has 7 heteroatoms. The monoisotopic (exact) mass is 377 g/mol. The zero-order valence-electron chi connectivity index (χ0n) is 15.2. The van der Waals surface area contributed by atoms with Crippen molar-refractivity contribution in [2.24, 2.45) is 22.1 Å². The molecule has 5 atom stereocenters. The van der Waals surface area contributed by atoms with Gasteiger partial charge in [0.2, 0.25) is 0 Å². The van der Waals surface area contributed by atoms with Gasteiger partial charge < -0.3 is 15.8 Å². The van der Waals surface area contributed by atoms with E-state index < -0.39 is 17.1 Å². The Morgan fingerprint density at radius 1 is 1.50 bits per heavy atom. The lowest BCUT2D eigenvalue weighted by Crippen LogP contribution is -2.52. The van der Waals surface area contributed by atoms with Gasteiger partial charge in [-0.15, -0.1) is 0 Å². The highest BCUT2D eigenvalue weighted by Gasteiger charge is 2.64. The molecule has 1 saturated carbocycles. The number of allylic oxidation sites excluding steroid dienone is 3. The fourth-order valence-corrected chi connectivity index (χ4v) is 5.42. The van der Waals surface area contributed by atoms with Gasteiger partial charge in [-0.25, -0.2) is 4.39 Å². The Balaban J connectivity index is 1.53. The number of Topliss-reactive ketones (excluding diaryl/α,β-unsaturated/α-hetero) is 1. The van der Waals surface area contributed by atoms with E-state index in [0.717, 1.165) is 16.9 Å². The highest BCUT2D eigenvalue weighted by Crippen LogP contribution is 2.57. The molecular weight excluding hydrogens is 353 g/mol. The number of ether oxygens (including phenoxy) is 1. The average molecular weight is 377 g/mol. The van der Waals surface area contributed by atoms with E-state index in [4.69, 9.17) is 15.5 Å².